The Morgan fingerprint density at radius 1 is 1.30 bits per heavy atom. The van der Waals surface area contributed by atoms with E-state index in [1.54, 1.807) is 0 Å². The monoisotopic (exact) mass is 336 g/mol. The number of fused-ring (bicyclic) bond motifs is 1. The van der Waals surface area contributed by atoms with Crippen LogP contribution in [0.4, 0.5) is 0 Å². The lowest BCUT2D eigenvalue weighted by atomic mass is 10.1. The Morgan fingerprint density at radius 2 is 2.20 bits per heavy atom. The van der Waals surface area contributed by atoms with E-state index in [0.29, 0.717) is 6.42 Å². The molecule has 1 aromatic rings. The van der Waals surface area contributed by atoms with Gasteiger partial charge >= 0.3 is 0 Å². The number of piperazine rings is 1. The molecule has 2 aliphatic heterocycles. The van der Waals surface area contributed by atoms with Crippen molar-refractivity contribution in [2.24, 2.45) is 0 Å². The van der Waals surface area contributed by atoms with Crippen molar-refractivity contribution in [3.63, 3.8) is 0 Å². The van der Waals surface area contributed by atoms with E-state index in [2.05, 4.69) is 25.7 Å². The lowest BCUT2D eigenvalue weighted by Crippen LogP contribution is -2.50. The third-order valence-corrected chi connectivity index (χ3v) is 4.97. The SMILES string of the molecule is O=C(CCN1CCN2CCCC2C1)c1cccc(Br)c1. The Bertz CT molecular complexity index is 491. The zero-order chi connectivity index (χ0) is 13.9. The Labute approximate surface area is 129 Å². The van der Waals surface area contributed by atoms with Crippen LogP contribution in [-0.2, 0) is 0 Å². The lowest BCUT2D eigenvalue weighted by Gasteiger charge is -2.37. The van der Waals surface area contributed by atoms with Crippen molar-refractivity contribution in [1.29, 1.82) is 0 Å². The minimum Gasteiger partial charge on any atom is -0.300 e. The van der Waals surface area contributed by atoms with Gasteiger partial charge in [0, 0.05) is 48.7 Å². The van der Waals surface area contributed by atoms with Gasteiger partial charge in [0.1, 0.15) is 0 Å². The molecule has 1 aromatic carbocycles. The molecule has 0 radical (unpaired) electrons. The largest absolute Gasteiger partial charge is 0.300 e. The molecule has 2 heterocycles. The van der Waals surface area contributed by atoms with Crippen LogP contribution < -0.4 is 0 Å². The Balaban J connectivity index is 1.51. The summed E-state index contributed by atoms with van der Waals surface area (Å²) in [5.41, 5.74) is 0.818. The van der Waals surface area contributed by atoms with Gasteiger partial charge in [-0.3, -0.25) is 9.69 Å². The highest BCUT2D eigenvalue weighted by atomic mass is 79.9. The van der Waals surface area contributed by atoms with Crippen LogP contribution in [-0.4, -0.2) is 54.3 Å². The van der Waals surface area contributed by atoms with Gasteiger partial charge < -0.3 is 4.90 Å². The number of rotatable bonds is 4. The summed E-state index contributed by atoms with van der Waals surface area (Å²) in [6.45, 7) is 5.61. The molecule has 0 bridgehead atoms. The summed E-state index contributed by atoms with van der Waals surface area (Å²) in [5, 5.41) is 0. The van der Waals surface area contributed by atoms with E-state index >= 15 is 0 Å². The van der Waals surface area contributed by atoms with E-state index < -0.39 is 0 Å². The zero-order valence-electron chi connectivity index (χ0n) is 11.7. The molecule has 108 valence electrons. The first-order chi connectivity index (χ1) is 9.72. The van der Waals surface area contributed by atoms with Crippen LogP contribution in [0.25, 0.3) is 0 Å². The first kappa shape index (κ1) is 14.2. The zero-order valence-corrected chi connectivity index (χ0v) is 13.3. The summed E-state index contributed by atoms with van der Waals surface area (Å²) in [7, 11) is 0. The summed E-state index contributed by atoms with van der Waals surface area (Å²) >= 11 is 3.42. The number of Topliss-reactive ketones (excluding diaryl/α,β-unsaturated/α-hetero) is 1. The molecule has 0 spiro atoms. The number of hydrogen-bond donors (Lipinski definition) is 0. The number of carbonyl (C=O) groups is 1. The van der Waals surface area contributed by atoms with Crippen molar-refractivity contribution in [1.82, 2.24) is 9.80 Å². The molecule has 0 saturated carbocycles. The van der Waals surface area contributed by atoms with Crippen LogP contribution in [0.3, 0.4) is 0 Å². The fourth-order valence-corrected chi connectivity index (χ4v) is 3.72. The molecule has 0 N–H and O–H groups in total. The maximum atomic E-state index is 12.2. The van der Waals surface area contributed by atoms with Gasteiger partial charge in [-0.25, -0.2) is 0 Å². The molecule has 2 aliphatic rings. The van der Waals surface area contributed by atoms with E-state index in [0.717, 1.165) is 35.7 Å². The maximum Gasteiger partial charge on any atom is 0.164 e. The normalized spacial score (nSPS) is 23.8. The van der Waals surface area contributed by atoms with E-state index in [4.69, 9.17) is 0 Å². The fraction of sp³-hybridized carbons (Fsp3) is 0.562. The van der Waals surface area contributed by atoms with E-state index in [9.17, 15) is 4.79 Å². The minimum absolute atomic E-state index is 0.250. The van der Waals surface area contributed by atoms with Crippen molar-refractivity contribution in [3.8, 4) is 0 Å². The van der Waals surface area contributed by atoms with Crippen LogP contribution in [0.2, 0.25) is 0 Å². The average molecular weight is 337 g/mol. The summed E-state index contributed by atoms with van der Waals surface area (Å²) in [6, 6.07) is 8.44. The van der Waals surface area contributed by atoms with Crippen molar-refractivity contribution >= 4 is 21.7 Å². The van der Waals surface area contributed by atoms with Gasteiger partial charge in [-0.2, -0.15) is 0 Å². The average Bonchev–Trinajstić information content (AvgIpc) is 2.92. The molecule has 4 heteroatoms. The molecule has 1 unspecified atom stereocenters. The van der Waals surface area contributed by atoms with Gasteiger partial charge in [-0.15, -0.1) is 0 Å². The topological polar surface area (TPSA) is 23.6 Å². The first-order valence-electron chi connectivity index (χ1n) is 7.47. The third-order valence-electron chi connectivity index (χ3n) is 4.47. The predicted molar refractivity (Wildman–Crippen MR) is 84.1 cm³/mol. The Morgan fingerprint density at radius 3 is 3.05 bits per heavy atom. The molecule has 0 amide bonds. The first-order valence-corrected chi connectivity index (χ1v) is 8.27. The van der Waals surface area contributed by atoms with Crippen LogP contribution in [0.1, 0.15) is 29.6 Å². The van der Waals surface area contributed by atoms with Crippen LogP contribution >= 0.6 is 15.9 Å². The van der Waals surface area contributed by atoms with Crippen LogP contribution in [0, 0.1) is 0 Å². The second-order valence-electron chi connectivity index (χ2n) is 5.82. The molecule has 1 atom stereocenters. The van der Waals surface area contributed by atoms with E-state index in [1.165, 1.54) is 25.9 Å². The number of halogens is 1. The maximum absolute atomic E-state index is 12.2. The molecule has 0 aromatic heterocycles. The van der Waals surface area contributed by atoms with Gasteiger partial charge in [0.15, 0.2) is 5.78 Å². The standard InChI is InChI=1S/C16H21BrN2O/c17-14-4-1-3-13(11-14)16(20)6-8-18-9-10-19-7-2-5-15(19)12-18/h1,3-4,11,15H,2,5-10,12H2. The highest BCUT2D eigenvalue weighted by Crippen LogP contribution is 2.21. The van der Waals surface area contributed by atoms with Crippen molar-refractivity contribution < 1.29 is 4.79 Å². The lowest BCUT2D eigenvalue weighted by molar-refractivity contribution is 0.0871. The van der Waals surface area contributed by atoms with Gasteiger partial charge in [0.25, 0.3) is 0 Å². The number of ketones is 1. The van der Waals surface area contributed by atoms with Crippen molar-refractivity contribution in [2.75, 3.05) is 32.7 Å². The second-order valence-corrected chi connectivity index (χ2v) is 6.73. The van der Waals surface area contributed by atoms with Crippen LogP contribution in [0.5, 0.6) is 0 Å². The van der Waals surface area contributed by atoms with Gasteiger partial charge in [0.2, 0.25) is 0 Å². The van der Waals surface area contributed by atoms with E-state index in [1.807, 2.05) is 24.3 Å². The molecule has 3 rings (SSSR count). The smallest absolute Gasteiger partial charge is 0.164 e. The summed E-state index contributed by atoms with van der Waals surface area (Å²) in [4.78, 5) is 17.3. The highest BCUT2D eigenvalue weighted by Gasteiger charge is 2.30. The van der Waals surface area contributed by atoms with Gasteiger partial charge in [0.05, 0.1) is 0 Å². The number of hydrogen-bond acceptors (Lipinski definition) is 3. The third kappa shape index (κ3) is 3.30. The predicted octanol–water partition coefficient (Wildman–Crippen LogP) is 2.80. The number of benzene rings is 1. The van der Waals surface area contributed by atoms with Gasteiger partial charge in [-0.05, 0) is 31.5 Å². The molecule has 0 aliphatic carbocycles. The number of nitrogens with zero attached hydrogens (tertiary/aromatic N) is 2. The summed E-state index contributed by atoms with van der Waals surface area (Å²) in [5.74, 6) is 0.250. The van der Waals surface area contributed by atoms with Crippen molar-refractivity contribution in [2.45, 2.75) is 25.3 Å². The Hall–Kier alpha value is -0.710. The molecule has 2 saturated heterocycles. The van der Waals surface area contributed by atoms with Crippen molar-refractivity contribution in [3.05, 3.63) is 34.3 Å². The van der Waals surface area contributed by atoms with Crippen LogP contribution in [0.15, 0.2) is 28.7 Å². The van der Waals surface area contributed by atoms with Gasteiger partial charge in [-0.1, -0.05) is 28.1 Å². The summed E-state index contributed by atoms with van der Waals surface area (Å²) < 4.78 is 0.975. The minimum atomic E-state index is 0.250. The molecule has 3 nitrogen and oxygen atoms in total. The fourth-order valence-electron chi connectivity index (χ4n) is 3.32. The Kier molecular flexibility index (Phi) is 4.54. The molecular formula is C16H21BrN2O. The molecule has 20 heavy (non-hydrogen) atoms. The second kappa shape index (κ2) is 6.37. The quantitative estimate of drug-likeness (QED) is 0.790. The summed E-state index contributed by atoms with van der Waals surface area (Å²) in [6.07, 6.45) is 3.30. The molecular weight excluding hydrogens is 316 g/mol. The highest BCUT2D eigenvalue weighted by molar-refractivity contribution is 9.10. The molecule has 2 fully saturated rings. The number of carbonyl (C=O) groups excluding carboxylic acids is 1. The van der Waals surface area contributed by atoms with E-state index in [-0.39, 0.29) is 5.78 Å².